The van der Waals surface area contributed by atoms with Gasteiger partial charge in [0.25, 0.3) is 0 Å². The Kier molecular flexibility index (Phi) is 12.9. The van der Waals surface area contributed by atoms with Crippen molar-refractivity contribution in [3.8, 4) is 0 Å². The number of aliphatic hydroxyl groups excluding tert-OH is 1. The fourth-order valence-electron chi connectivity index (χ4n) is 2.84. The van der Waals surface area contributed by atoms with Crippen LogP contribution in [0.1, 0.15) is 18.9 Å². The quantitative estimate of drug-likeness (QED) is 0.162. The largest absolute Gasteiger partial charge is 0.480 e. The number of carbonyl (C=O) groups excluding carboxylic acids is 3. The van der Waals surface area contributed by atoms with Crippen LogP contribution in [0.5, 0.6) is 0 Å². The molecule has 0 radical (unpaired) electrons. The second-order valence-corrected chi connectivity index (χ2v) is 8.80. The molecule has 0 saturated carbocycles. The van der Waals surface area contributed by atoms with Crippen molar-refractivity contribution in [2.24, 2.45) is 5.73 Å². The summed E-state index contributed by atoms with van der Waals surface area (Å²) in [7, 11) is 0. The van der Waals surface area contributed by atoms with Gasteiger partial charge in [-0.15, -0.1) is 0 Å². The van der Waals surface area contributed by atoms with Crippen LogP contribution in [-0.4, -0.2) is 81.9 Å². The number of carbonyl (C=O) groups is 4. The highest BCUT2D eigenvalue weighted by molar-refractivity contribution is 7.98. The van der Waals surface area contributed by atoms with E-state index in [1.165, 1.54) is 18.7 Å². The number of aliphatic carboxylic acids is 1. The van der Waals surface area contributed by atoms with Gasteiger partial charge in [-0.2, -0.15) is 24.4 Å². The maximum atomic E-state index is 12.8. The molecule has 1 rings (SSSR count). The summed E-state index contributed by atoms with van der Waals surface area (Å²) in [6, 6.07) is 4.13. The normalized spacial score (nSPS) is 15.4. The highest BCUT2D eigenvalue weighted by Gasteiger charge is 2.32. The minimum Gasteiger partial charge on any atom is -0.480 e. The lowest BCUT2D eigenvalue weighted by atomic mass is 10.0. The number of nitrogens with one attached hydrogen (secondary N) is 3. The van der Waals surface area contributed by atoms with Crippen molar-refractivity contribution < 1.29 is 29.4 Å². The molecule has 0 heterocycles. The van der Waals surface area contributed by atoms with Gasteiger partial charge in [-0.3, -0.25) is 14.4 Å². The van der Waals surface area contributed by atoms with Crippen LogP contribution in [0.3, 0.4) is 0 Å². The first-order valence-corrected chi connectivity index (χ1v) is 12.3. The van der Waals surface area contributed by atoms with Gasteiger partial charge in [0.1, 0.15) is 18.1 Å². The lowest BCUT2D eigenvalue weighted by Crippen LogP contribution is -2.60. The first-order valence-electron chi connectivity index (χ1n) is 10.3. The Morgan fingerprint density at radius 3 is 2.15 bits per heavy atom. The first-order chi connectivity index (χ1) is 15.6. The number of carboxylic acid groups (broad SMARTS) is 1. The maximum Gasteiger partial charge on any atom is 0.326 e. The third-order valence-electron chi connectivity index (χ3n) is 4.74. The van der Waals surface area contributed by atoms with Crippen LogP contribution >= 0.6 is 24.4 Å². The van der Waals surface area contributed by atoms with Gasteiger partial charge in [-0.05, 0) is 30.9 Å². The van der Waals surface area contributed by atoms with Crippen molar-refractivity contribution in [3.05, 3.63) is 35.9 Å². The van der Waals surface area contributed by atoms with Crippen LogP contribution < -0.4 is 21.7 Å². The SMILES string of the molecule is CSCCC(NC(=O)C(N)CS)C(=O)NC(C(=O)NC(Cc1ccccc1)C(=O)O)C(C)O. The molecule has 0 saturated heterocycles. The highest BCUT2D eigenvalue weighted by atomic mass is 32.2. The summed E-state index contributed by atoms with van der Waals surface area (Å²) in [6.45, 7) is 1.30. The molecule has 0 bridgehead atoms. The summed E-state index contributed by atoms with van der Waals surface area (Å²) in [5.74, 6) is -2.76. The van der Waals surface area contributed by atoms with Crippen molar-refractivity contribution in [2.45, 2.75) is 50.0 Å². The van der Waals surface area contributed by atoms with Gasteiger partial charge in [0.05, 0.1) is 12.1 Å². The summed E-state index contributed by atoms with van der Waals surface area (Å²) in [6.07, 6.45) is 0.798. The molecule has 7 N–H and O–H groups in total. The molecule has 0 fully saturated rings. The fraction of sp³-hybridized carbons (Fsp3) is 0.524. The lowest BCUT2D eigenvalue weighted by molar-refractivity contribution is -0.143. The first kappa shape index (κ1) is 28.8. The van der Waals surface area contributed by atoms with Crippen LogP contribution in [0.15, 0.2) is 30.3 Å². The molecular weight excluding hydrogens is 468 g/mol. The number of aliphatic hydroxyl groups is 1. The van der Waals surface area contributed by atoms with Crippen LogP contribution in [0, 0.1) is 0 Å². The molecule has 3 amide bonds. The number of amides is 3. The zero-order valence-corrected chi connectivity index (χ0v) is 20.3. The maximum absolute atomic E-state index is 12.8. The molecule has 0 aliphatic carbocycles. The molecular formula is C21H32N4O6S2. The lowest BCUT2D eigenvalue weighted by Gasteiger charge is -2.26. The Hall–Kier alpha value is -2.28. The van der Waals surface area contributed by atoms with E-state index in [9.17, 15) is 29.4 Å². The van der Waals surface area contributed by atoms with Gasteiger partial charge in [0.15, 0.2) is 0 Å². The minimum atomic E-state index is -1.43. The number of hydrogen-bond acceptors (Lipinski definition) is 8. The predicted molar refractivity (Wildman–Crippen MR) is 130 cm³/mol. The third kappa shape index (κ3) is 10.0. The fourth-order valence-corrected chi connectivity index (χ4v) is 3.47. The molecule has 184 valence electrons. The Morgan fingerprint density at radius 2 is 1.64 bits per heavy atom. The van der Waals surface area contributed by atoms with Gasteiger partial charge in [0.2, 0.25) is 17.7 Å². The molecule has 1 aromatic carbocycles. The summed E-state index contributed by atoms with van der Waals surface area (Å²) in [5, 5.41) is 26.9. The van der Waals surface area contributed by atoms with E-state index in [-0.39, 0.29) is 18.6 Å². The van der Waals surface area contributed by atoms with Crippen LogP contribution in [0.4, 0.5) is 0 Å². The average Bonchev–Trinajstić information content (AvgIpc) is 2.78. The van der Waals surface area contributed by atoms with E-state index in [0.717, 1.165) is 0 Å². The molecule has 0 aromatic heterocycles. The Bertz CT molecular complexity index is 796. The van der Waals surface area contributed by atoms with Gasteiger partial charge in [-0.1, -0.05) is 30.3 Å². The Balaban J connectivity index is 2.92. The second kappa shape index (κ2) is 14.8. The van der Waals surface area contributed by atoms with E-state index in [1.54, 1.807) is 30.3 Å². The smallest absolute Gasteiger partial charge is 0.326 e. The molecule has 10 nitrogen and oxygen atoms in total. The van der Waals surface area contributed by atoms with Crippen molar-refractivity contribution >= 4 is 48.1 Å². The highest BCUT2D eigenvalue weighted by Crippen LogP contribution is 2.06. The second-order valence-electron chi connectivity index (χ2n) is 7.45. The number of thiol groups is 1. The number of carboxylic acids is 1. The number of benzene rings is 1. The Labute approximate surface area is 202 Å². The molecule has 33 heavy (non-hydrogen) atoms. The van der Waals surface area contributed by atoms with E-state index >= 15 is 0 Å². The van der Waals surface area contributed by atoms with Crippen molar-refractivity contribution in [3.63, 3.8) is 0 Å². The molecule has 0 aliphatic heterocycles. The number of thioether (sulfide) groups is 1. The summed E-state index contributed by atoms with van der Waals surface area (Å²) in [5.41, 5.74) is 6.35. The van der Waals surface area contributed by atoms with Gasteiger partial charge < -0.3 is 31.9 Å². The molecule has 5 unspecified atom stereocenters. The molecule has 0 aliphatic rings. The van der Waals surface area contributed by atoms with Gasteiger partial charge >= 0.3 is 5.97 Å². The number of hydrogen-bond donors (Lipinski definition) is 7. The monoisotopic (exact) mass is 500 g/mol. The number of nitrogens with two attached hydrogens (primary N) is 1. The molecule has 0 spiro atoms. The van der Waals surface area contributed by atoms with E-state index in [4.69, 9.17) is 5.73 Å². The average molecular weight is 501 g/mol. The molecule has 5 atom stereocenters. The summed E-state index contributed by atoms with van der Waals surface area (Å²) in [4.78, 5) is 49.4. The summed E-state index contributed by atoms with van der Waals surface area (Å²) >= 11 is 5.43. The van der Waals surface area contributed by atoms with Crippen LogP contribution in [0.2, 0.25) is 0 Å². The van der Waals surface area contributed by atoms with Crippen molar-refractivity contribution in [1.82, 2.24) is 16.0 Å². The van der Waals surface area contributed by atoms with Crippen LogP contribution in [0.25, 0.3) is 0 Å². The van der Waals surface area contributed by atoms with Crippen molar-refractivity contribution in [2.75, 3.05) is 17.8 Å². The third-order valence-corrected chi connectivity index (χ3v) is 5.77. The molecule has 12 heteroatoms. The summed E-state index contributed by atoms with van der Waals surface area (Å²) < 4.78 is 0. The predicted octanol–water partition coefficient (Wildman–Crippen LogP) is -0.841. The van der Waals surface area contributed by atoms with Crippen LogP contribution in [-0.2, 0) is 25.6 Å². The van der Waals surface area contributed by atoms with Crippen molar-refractivity contribution in [1.29, 1.82) is 0 Å². The Morgan fingerprint density at radius 1 is 1.03 bits per heavy atom. The minimum absolute atomic E-state index is 0.0242. The molecule has 1 aromatic rings. The van der Waals surface area contributed by atoms with Gasteiger partial charge in [0, 0.05) is 12.2 Å². The van der Waals surface area contributed by atoms with E-state index < -0.39 is 54.0 Å². The van der Waals surface area contributed by atoms with Gasteiger partial charge in [-0.25, -0.2) is 4.79 Å². The topological polar surface area (TPSA) is 171 Å². The standard InChI is InChI=1S/C21H32N4O6S2/c1-12(26)17(20(29)24-16(21(30)31)10-13-6-4-3-5-7-13)25-19(28)15(8-9-33-2)23-18(27)14(22)11-32/h3-7,12,14-17,26,32H,8-11,22H2,1-2H3,(H,23,27)(H,24,29)(H,25,28)(H,30,31). The van der Waals surface area contributed by atoms with E-state index in [0.29, 0.717) is 11.3 Å². The number of rotatable bonds is 14. The van der Waals surface area contributed by atoms with E-state index in [2.05, 4.69) is 28.6 Å². The zero-order valence-electron chi connectivity index (χ0n) is 18.6. The zero-order chi connectivity index (χ0) is 25.0. The van der Waals surface area contributed by atoms with E-state index in [1.807, 2.05) is 6.26 Å².